The summed E-state index contributed by atoms with van der Waals surface area (Å²) in [5, 5.41) is 10.5. The van der Waals surface area contributed by atoms with Crippen molar-refractivity contribution in [1.82, 2.24) is 14.9 Å². The smallest absolute Gasteiger partial charge is 0.101 e. The molecule has 0 bridgehead atoms. The number of nitrogens with zero attached hydrogens (tertiary/aromatic N) is 6. The van der Waals surface area contributed by atoms with Gasteiger partial charge in [-0.3, -0.25) is 14.9 Å². The fourth-order valence-electron chi connectivity index (χ4n) is 6.04. The van der Waals surface area contributed by atoms with E-state index in [1.807, 2.05) is 18.3 Å². The van der Waals surface area contributed by atoms with Crippen molar-refractivity contribution in [3.05, 3.63) is 60.0 Å². The molecule has 1 spiro atoms. The van der Waals surface area contributed by atoms with Gasteiger partial charge in [0, 0.05) is 74.1 Å². The number of pyridine rings is 2. The van der Waals surface area contributed by atoms with E-state index in [1.165, 1.54) is 12.1 Å². The number of morpholine rings is 1. The molecule has 0 radical (unpaired) electrons. The van der Waals surface area contributed by atoms with E-state index in [-0.39, 0.29) is 17.7 Å². The maximum absolute atomic E-state index is 9.49. The van der Waals surface area contributed by atoms with Crippen molar-refractivity contribution in [3.63, 3.8) is 0 Å². The van der Waals surface area contributed by atoms with Crippen LogP contribution in [0.15, 0.2) is 48.8 Å². The number of likely N-dealkylation sites (tertiary alicyclic amines) is 1. The highest BCUT2D eigenvalue weighted by atomic mass is 16.5. The first-order valence-corrected chi connectivity index (χ1v) is 12.2. The van der Waals surface area contributed by atoms with Crippen molar-refractivity contribution in [2.75, 3.05) is 49.1 Å². The lowest BCUT2D eigenvalue weighted by Gasteiger charge is -2.64. The molecule has 3 aliphatic rings. The maximum atomic E-state index is 9.49. The molecule has 7 nitrogen and oxygen atoms in total. The number of aryl methyl sites for hydroxylation is 1. The van der Waals surface area contributed by atoms with E-state index in [4.69, 9.17) is 4.74 Å². The summed E-state index contributed by atoms with van der Waals surface area (Å²) < 4.78 is 6.38. The molecule has 0 aliphatic carbocycles. The Kier molecular flexibility index (Phi) is 5.16. The Morgan fingerprint density at radius 2 is 2.03 bits per heavy atom. The quantitative estimate of drug-likeness (QED) is 0.599. The highest BCUT2D eigenvalue weighted by Crippen LogP contribution is 2.42. The van der Waals surface area contributed by atoms with Crippen molar-refractivity contribution < 1.29 is 4.74 Å². The third-order valence-electron chi connectivity index (χ3n) is 7.60. The minimum Gasteiger partial charge on any atom is -0.370 e. The molecular weight excluding hydrogens is 424 g/mol. The van der Waals surface area contributed by atoms with Gasteiger partial charge in [-0.25, -0.2) is 0 Å². The number of hydrogen-bond acceptors (Lipinski definition) is 7. The van der Waals surface area contributed by atoms with Gasteiger partial charge in [-0.1, -0.05) is 0 Å². The lowest BCUT2D eigenvalue weighted by molar-refractivity contribution is -0.0631. The second kappa shape index (κ2) is 8.23. The normalized spacial score (nSPS) is 24.0. The molecule has 0 unspecified atom stereocenters. The molecule has 3 saturated heterocycles. The molecule has 3 fully saturated rings. The Hall–Kier alpha value is -3.21. The fraction of sp³-hybridized carbons (Fsp3) is 0.444. The van der Waals surface area contributed by atoms with Gasteiger partial charge >= 0.3 is 0 Å². The van der Waals surface area contributed by atoms with E-state index in [2.05, 4.69) is 68.8 Å². The minimum atomic E-state index is 0.149. The number of fused-ring (bicyclic) bond motifs is 1. The number of anilines is 2. The van der Waals surface area contributed by atoms with Crippen LogP contribution in [-0.2, 0) is 4.74 Å². The topological polar surface area (TPSA) is 68.5 Å². The van der Waals surface area contributed by atoms with Gasteiger partial charge in [0.05, 0.1) is 28.8 Å². The molecule has 3 aliphatic heterocycles. The zero-order valence-electron chi connectivity index (χ0n) is 19.8. The van der Waals surface area contributed by atoms with Crippen molar-refractivity contribution in [3.8, 4) is 6.07 Å². The number of aromatic nitrogens is 2. The molecule has 2 aromatic heterocycles. The third-order valence-corrected chi connectivity index (χ3v) is 7.60. The molecule has 6 rings (SSSR count). The Morgan fingerprint density at radius 3 is 2.79 bits per heavy atom. The van der Waals surface area contributed by atoms with Gasteiger partial charge in [0.25, 0.3) is 0 Å². The number of hydrogen-bond donors (Lipinski definition) is 0. The predicted octanol–water partition coefficient (Wildman–Crippen LogP) is 3.37. The van der Waals surface area contributed by atoms with E-state index < -0.39 is 0 Å². The average Bonchev–Trinajstić information content (AvgIpc) is 2.79. The summed E-state index contributed by atoms with van der Waals surface area (Å²) in [6.45, 7) is 10.1. The van der Waals surface area contributed by atoms with Crippen molar-refractivity contribution >= 4 is 22.3 Å². The first-order valence-electron chi connectivity index (χ1n) is 12.2. The van der Waals surface area contributed by atoms with Crippen molar-refractivity contribution in [1.29, 1.82) is 5.26 Å². The molecule has 3 aromatic rings. The van der Waals surface area contributed by atoms with Gasteiger partial charge < -0.3 is 14.5 Å². The lowest BCUT2D eigenvalue weighted by Crippen LogP contribution is -2.78. The molecule has 174 valence electrons. The van der Waals surface area contributed by atoms with Crippen molar-refractivity contribution in [2.24, 2.45) is 0 Å². The molecule has 34 heavy (non-hydrogen) atoms. The monoisotopic (exact) mass is 454 g/mol. The van der Waals surface area contributed by atoms with Crippen LogP contribution in [0, 0.1) is 18.3 Å². The van der Waals surface area contributed by atoms with Gasteiger partial charge in [0.2, 0.25) is 0 Å². The van der Waals surface area contributed by atoms with E-state index >= 15 is 0 Å². The summed E-state index contributed by atoms with van der Waals surface area (Å²) in [4.78, 5) is 16.4. The summed E-state index contributed by atoms with van der Waals surface area (Å²) in [7, 11) is 0. The van der Waals surface area contributed by atoms with Gasteiger partial charge in [-0.15, -0.1) is 0 Å². The number of nitriles is 1. The SMILES string of the molecule is Cc1cc(N2CCC23CN(C[C@H]2CN(c4ccc(C#N)c5ncccc45)C[C@@H](C)O2)C3)ccn1. The van der Waals surface area contributed by atoms with Crippen LogP contribution in [0.2, 0.25) is 0 Å². The number of benzene rings is 1. The number of rotatable bonds is 4. The Bertz CT molecular complexity index is 1260. The minimum absolute atomic E-state index is 0.149. The van der Waals surface area contributed by atoms with Crippen LogP contribution in [0.5, 0.6) is 0 Å². The van der Waals surface area contributed by atoms with Gasteiger partial charge in [-0.05, 0) is 56.7 Å². The second-order valence-electron chi connectivity index (χ2n) is 10.1. The molecule has 0 amide bonds. The molecular formula is C27H30N6O. The largest absolute Gasteiger partial charge is 0.370 e. The van der Waals surface area contributed by atoms with Crippen LogP contribution in [0.25, 0.3) is 10.9 Å². The third kappa shape index (κ3) is 3.58. The van der Waals surface area contributed by atoms with Crippen LogP contribution in [-0.4, -0.2) is 71.9 Å². The van der Waals surface area contributed by atoms with Crippen LogP contribution < -0.4 is 9.80 Å². The van der Waals surface area contributed by atoms with E-state index in [0.717, 1.165) is 61.6 Å². The summed E-state index contributed by atoms with van der Waals surface area (Å²) in [6, 6.07) is 14.6. The molecule has 5 heterocycles. The fourth-order valence-corrected chi connectivity index (χ4v) is 6.04. The van der Waals surface area contributed by atoms with Crippen LogP contribution >= 0.6 is 0 Å². The molecule has 1 aromatic carbocycles. The molecule has 2 atom stereocenters. The Balaban J connectivity index is 1.15. The summed E-state index contributed by atoms with van der Waals surface area (Å²) in [6.07, 6.45) is 5.23. The van der Waals surface area contributed by atoms with E-state index in [1.54, 1.807) is 6.20 Å². The van der Waals surface area contributed by atoms with Gasteiger partial charge in [-0.2, -0.15) is 5.26 Å². The summed E-state index contributed by atoms with van der Waals surface area (Å²) >= 11 is 0. The highest BCUT2D eigenvalue weighted by Gasteiger charge is 2.53. The number of ether oxygens (including phenoxy) is 1. The van der Waals surface area contributed by atoms with E-state index in [0.29, 0.717) is 5.56 Å². The van der Waals surface area contributed by atoms with Crippen LogP contribution in [0.1, 0.15) is 24.6 Å². The second-order valence-corrected chi connectivity index (χ2v) is 10.1. The van der Waals surface area contributed by atoms with Gasteiger partial charge in [0.1, 0.15) is 6.07 Å². The zero-order chi connectivity index (χ0) is 23.3. The molecule has 0 saturated carbocycles. The summed E-state index contributed by atoms with van der Waals surface area (Å²) in [5.74, 6) is 0. The molecule has 7 heteroatoms. The first kappa shape index (κ1) is 21.3. The van der Waals surface area contributed by atoms with Crippen LogP contribution in [0.4, 0.5) is 11.4 Å². The maximum Gasteiger partial charge on any atom is 0.101 e. The predicted molar refractivity (Wildman–Crippen MR) is 133 cm³/mol. The zero-order valence-corrected chi connectivity index (χ0v) is 19.8. The van der Waals surface area contributed by atoms with Gasteiger partial charge in [0.15, 0.2) is 0 Å². The summed E-state index contributed by atoms with van der Waals surface area (Å²) in [5.41, 5.74) is 5.19. The average molecular weight is 455 g/mol. The van der Waals surface area contributed by atoms with Crippen molar-refractivity contribution in [2.45, 2.75) is 38.0 Å². The molecule has 0 N–H and O–H groups in total. The Labute approximate surface area is 200 Å². The van der Waals surface area contributed by atoms with E-state index in [9.17, 15) is 5.26 Å². The first-order chi connectivity index (χ1) is 16.5. The highest BCUT2D eigenvalue weighted by molar-refractivity contribution is 5.95. The van der Waals surface area contributed by atoms with Crippen LogP contribution in [0.3, 0.4) is 0 Å². The lowest BCUT2D eigenvalue weighted by atomic mass is 9.76. The standard InChI is InChI=1S/C27H30N6O/c1-19-12-22(7-10-29-19)33-11-8-27(33)17-31(18-27)15-23-16-32(14-20(2)34-23)25-6-5-21(13-28)26-24(25)4-3-9-30-26/h3-7,9-10,12,20,23H,8,11,14-18H2,1-2H3/t20-,23+/m1/s1. The Morgan fingerprint density at radius 1 is 1.15 bits per heavy atom.